The Balaban J connectivity index is 1.79. The van der Waals surface area contributed by atoms with Crippen LogP contribution in [0.4, 0.5) is 0 Å². The van der Waals surface area contributed by atoms with Crippen molar-refractivity contribution in [3.05, 3.63) is 71.8 Å². The van der Waals surface area contributed by atoms with E-state index in [1.807, 2.05) is 6.07 Å². The molecule has 2 rings (SSSR count). The van der Waals surface area contributed by atoms with Crippen LogP contribution in [0.2, 0.25) is 0 Å². The summed E-state index contributed by atoms with van der Waals surface area (Å²) in [5.41, 5.74) is 1.41. The van der Waals surface area contributed by atoms with Crippen LogP contribution in [0.3, 0.4) is 0 Å². The van der Waals surface area contributed by atoms with E-state index in [4.69, 9.17) is 20.9 Å². The minimum Gasteiger partial charge on any atom is -0.323 e. The molecule has 0 aliphatic carbocycles. The predicted molar refractivity (Wildman–Crippen MR) is 91.0 cm³/mol. The summed E-state index contributed by atoms with van der Waals surface area (Å²) >= 11 is 4.70. The molecule has 2 aromatic rings. The highest BCUT2D eigenvalue weighted by Gasteiger charge is 2.28. The summed E-state index contributed by atoms with van der Waals surface area (Å²) in [5.74, 6) is 0. The van der Waals surface area contributed by atoms with E-state index in [-0.39, 0.29) is 13.2 Å². The molecule has 0 aliphatic heterocycles. The molecule has 0 amide bonds. The van der Waals surface area contributed by atoms with Crippen LogP contribution in [0.15, 0.2) is 60.7 Å². The molecule has 2 aromatic carbocycles. The number of phosphoric acid groups is 1. The van der Waals surface area contributed by atoms with Gasteiger partial charge in [-0.1, -0.05) is 60.7 Å². The van der Waals surface area contributed by atoms with Gasteiger partial charge in [-0.05, 0) is 22.9 Å². The fourth-order valence-electron chi connectivity index (χ4n) is 1.59. The van der Waals surface area contributed by atoms with E-state index in [0.717, 1.165) is 5.56 Å². The first kappa shape index (κ1) is 19.4. The third-order valence-electron chi connectivity index (χ3n) is 2.70. The third-order valence-corrected chi connectivity index (χ3v) is 4.75. The molecule has 24 heavy (non-hydrogen) atoms. The molecule has 0 bridgehead atoms. The lowest BCUT2D eigenvalue weighted by Gasteiger charge is -2.16. The summed E-state index contributed by atoms with van der Waals surface area (Å²) in [6.07, 6.45) is 0. The monoisotopic (exact) mass is 390 g/mol. The fourth-order valence-corrected chi connectivity index (χ4v) is 3.38. The highest BCUT2D eigenvalue weighted by atomic mass is 32.5. The van der Waals surface area contributed by atoms with Crippen LogP contribution in [-0.2, 0) is 48.0 Å². The van der Waals surface area contributed by atoms with Crippen LogP contribution < -0.4 is 0 Å². The van der Waals surface area contributed by atoms with Crippen molar-refractivity contribution in [1.82, 2.24) is 0 Å². The molecule has 0 aliphatic rings. The number of hydrogen-bond donors (Lipinski definition) is 2. The lowest BCUT2D eigenvalue weighted by atomic mass is 10.2. The summed E-state index contributed by atoms with van der Waals surface area (Å²) in [7, 11) is -4.55. The average Bonchev–Trinajstić information content (AvgIpc) is 2.59. The van der Waals surface area contributed by atoms with E-state index >= 15 is 0 Å². The minimum atomic E-state index is -4.55. The lowest BCUT2D eigenvalue weighted by Crippen LogP contribution is -1.99. The SMILES string of the molecule is O=P(O)(OCc1ccccc1)OOP(O)(=S)OCc1ccccc1. The maximum atomic E-state index is 11.7. The smallest absolute Gasteiger partial charge is 0.323 e. The van der Waals surface area contributed by atoms with E-state index in [1.54, 1.807) is 54.6 Å². The van der Waals surface area contributed by atoms with Crippen molar-refractivity contribution in [3.8, 4) is 0 Å². The van der Waals surface area contributed by atoms with Crippen molar-refractivity contribution < 1.29 is 32.7 Å². The molecule has 0 saturated heterocycles. The number of rotatable bonds is 9. The minimum absolute atomic E-state index is 0.0292. The van der Waals surface area contributed by atoms with E-state index in [2.05, 4.69) is 9.35 Å². The second-order valence-corrected chi connectivity index (χ2v) is 8.68. The molecule has 0 spiro atoms. The van der Waals surface area contributed by atoms with Gasteiger partial charge in [0.1, 0.15) is 0 Å². The van der Waals surface area contributed by atoms with Crippen LogP contribution >= 0.6 is 14.5 Å². The first-order chi connectivity index (χ1) is 11.4. The molecule has 130 valence electrons. The normalized spacial score (nSPS) is 16.2. The largest absolute Gasteiger partial charge is 0.500 e. The molecule has 7 nitrogen and oxygen atoms in total. The quantitative estimate of drug-likeness (QED) is 0.380. The van der Waals surface area contributed by atoms with Gasteiger partial charge in [0.2, 0.25) is 0 Å². The van der Waals surface area contributed by atoms with E-state index in [9.17, 15) is 14.4 Å². The molecule has 0 heterocycles. The molecular formula is C14H16O7P2S. The van der Waals surface area contributed by atoms with Crippen LogP contribution in [0.25, 0.3) is 0 Å². The standard InChI is InChI=1S/C14H16O7P2S/c15-22(16,18-11-13-7-3-1-4-8-13)20-21-23(17,24)19-12-14-9-5-2-6-10-14/h1-10H,11-12H2,(H,15,16)(H,17,24). The molecule has 0 saturated carbocycles. The van der Waals surface area contributed by atoms with Crippen molar-refractivity contribution in [1.29, 1.82) is 0 Å². The summed E-state index contributed by atoms with van der Waals surface area (Å²) in [6.45, 7) is -4.05. The molecular weight excluding hydrogens is 374 g/mol. The summed E-state index contributed by atoms with van der Waals surface area (Å²) in [6, 6.07) is 17.6. The Labute approximate surface area is 144 Å². The summed E-state index contributed by atoms with van der Waals surface area (Å²) in [4.78, 5) is 19.3. The Morgan fingerprint density at radius 3 is 1.75 bits per heavy atom. The van der Waals surface area contributed by atoms with Gasteiger partial charge < -0.3 is 14.3 Å². The first-order valence-electron chi connectivity index (χ1n) is 6.77. The highest BCUT2D eigenvalue weighted by molar-refractivity contribution is 8.07. The molecule has 0 radical (unpaired) electrons. The van der Waals surface area contributed by atoms with Gasteiger partial charge in [-0.25, -0.2) is 4.57 Å². The van der Waals surface area contributed by atoms with Crippen LogP contribution in [0.1, 0.15) is 11.1 Å². The average molecular weight is 390 g/mol. The van der Waals surface area contributed by atoms with Gasteiger partial charge in [-0.2, -0.15) is 0 Å². The highest BCUT2D eigenvalue weighted by Crippen LogP contribution is 2.53. The number of hydrogen-bond acceptors (Lipinski definition) is 6. The molecule has 2 N–H and O–H groups in total. The van der Waals surface area contributed by atoms with Crippen LogP contribution in [0, 0.1) is 0 Å². The van der Waals surface area contributed by atoms with Gasteiger partial charge in [-0.15, -0.1) is 9.35 Å². The number of phosphoric ester groups is 1. The van der Waals surface area contributed by atoms with E-state index < -0.39 is 14.5 Å². The topological polar surface area (TPSA) is 94.5 Å². The Kier molecular flexibility index (Phi) is 7.25. The molecule has 2 unspecified atom stereocenters. The molecule has 10 heteroatoms. The predicted octanol–water partition coefficient (Wildman–Crippen LogP) is 3.69. The van der Waals surface area contributed by atoms with Gasteiger partial charge in [0.05, 0.1) is 13.2 Å². The summed E-state index contributed by atoms with van der Waals surface area (Å²) < 4.78 is 30.2. The van der Waals surface area contributed by atoms with Crippen molar-refractivity contribution in [2.75, 3.05) is 0 Å². The second-order valence-electron chi connectivity index (χ2n) is 4.60. The lowest BCUT2D eigenvalue weighted by molar-refractivity contribution is -0.141. The van der Waals surface area contributed by atoms with Crippen molar-refractivity contribution >= 4 is 26.3 Å². The summed E-state index contributed by atoms with van der Waals surface area (Å²) in [5, 5.41) is 0. The second kappa shape index (κ2) is 8.97. The molecule has 0 fully saturated rings. The Morgan fingerprint density at radius 2 is 1.25 bits per heavy atom. The maximum Gasteiger partial charge on any atom is 0.500 e. The molecule has 0 aromatic heterocycles. The fraction of sp³-hybridized carbons (Fsp3) is 0.143. The van der Waals surface area contributed by atoms with Crippen molar-refractivity contribution in [3.63, 3.8) is 0 Å². The number of benzene rings is 2. The van der Waals surface area contributed by atoms with Gasteiger partial charge in [-0.3, -0.25) is 4.52 Å². The van der Waals surface area contributed by atoms with Gasteiger partial charge >= 0.3 is 14.5 Å². The molecule has 2 atom stereocenters. The zero-order chi connectivity index (χ0) is 17.5. The third kappa shape index (κ3) is 7.32. The maximum absolute atomic E-state index is 11.7. The van der Waals surface area contributed by atoms with Crippen molar-refractivity contribution in [2.24, 2.45) is 0 Å². The van der Waals surface area contributed by atoms with Crippen molar-refractivity contribution in [2.45, 2.75) is 13.2 Å². The van der Waals surface area contributed by atoms with Gasteiger partial charge in [0.25, 0.3) is 0 Å². The zero-order valence-corrected chi connectivity index (χ0v) is 15.0. The Bertz CT molecular complexity index is 663. The first-order valence-corrected chi connectivity index (χ1v) is 10.9. The Hall–Kier alpha value is -0.920. The van der Waals surface area contributed by atoms with Crippen LogP contribution in [0.5, 0.6) is 0 Å². The van der Waals surface area contributed by atoms with E-state index in [0.29, 0.717) is 5.56 Å². The van der Waals surface area contributed by atoms with E-state index in [1.165, 1.54) is 0 Å². The van der Waals surface area contributed by atoms with Gasteiger partial charge in [0, 0.05) is 0 Å². The zero-order valence-electron chi connectivity index (χ0n) is 12.4. The van der Waals surface area contributed by atoms with Gasteiger partial charge in [0.15, 0.2) is 0 Å². The Morgan fingerprint density at radius 1 is 0.792 bits per heavy atom. The van der Waals surface area contributed by atoms with Crippen LogP contribution in [-0.4, -0.2) is 9.79 Å².